The number of nitrogens with one attached hydrogen (secondary N) is 2. The molecular weight excluding hydrogens is 216 g/mol. The Morgan fingerprint density at radius 3 is 2.88 bits per heavy atom. The van der Waals surface area contributed by atoms with Crippen molar-refractivity contribution in [2.75, 3.05) is 0 Å². The number of rotatable bonds is 6. The summed E-state index contributed by atoms with van der Waals surface area (Å²) in [6.45, 7) is 4.80. The van der Waals surface area contributed by atoms with Crippen LogP contribution in [0.3, 0.4) is 0 Å². The van der Waals surface area contributed by atoms with E-state index in [1.54, 1.807) is 12.5 Å². The van der Waals surface area contributed by atoms with Gasteiger partial charge in [-0.2, -0.15) is 0 Å². The molecule has 0 radical (unpaired) electrons. The third-order valence-electron chi connectivity index (χ3n) is 2.90. The lowest BCUT2D eigenvalue weighted by Gasteiger charge is -2.19. The average molecular weight is 236 g/mol. The molecule has 1 heterocycles. The Balaban J connectivity index is 1.72. The zero-order valence-corrected chi connectivity index (χ0v) is 10.4. The molecule has 1 saturated carbocycles. The van der Waals surface area contributed by atoms with Crippen molar-refractivity contribution >= 4 is 5.91 Å². The van der Waals surface area contributed by atoms with Crippen molar-refractivity contribution in [2.45, 2.75) is 51.4 Å². The number of nitrogens with zero attached hydrogens (tertiary/aromatic N) is 2. The summed E-state index contributed by atoms with van der Waals surface area (Å²) in [5.41, 5.74) is 0. The summed E-state index contributed by atoms with van der Waals surface area (Å²) in [6, 6.07) is 0.522. The SMILES string of the molecule is CC(Cn1ccnc1)NC(C)C(=O)NC1CC1. The molecule has 1 aliphatic rings. The quantitative estimate of drug-likeness (QED) is 0.757. The van der Waals surface area contributed by atoms with Crippen LogP contribution < -0.4 is 10.6 Å². The van der Waals surface area contributed by atoms with Crippen molar-refractivity contribution in [3.8, 4) is 0 Å². The van der Waals surface area contributed by atoms with Crippen LogP contribution in [0.25, 0.3) is 0 Å². The molecule has 0 bridgehead atoms. The van der Waals surface area contributed by atoms with Crippen LogP contribution in [0, 0.1) is 0 Å². The maximum Gasteiger partial charge on any atom is 0.237 e. The van der Waals surface area contributed by atoms with Gasteiger partial charge in [0.15, 0.2) is 0 Å². The fourth-order valence-electron chi connectivity index (χ4n) is 1.82. The average Bonchev–Trinajstić information content (AvgIpc) is 2.93. The number of amides is 1. The largest absolute Gasteiger partial charge is 0.352 e. The molecule has 1 fully saturated rings. The topological polar surface area (TPSA) is 59.0 Å². The predicted octanol–water partition coefficient (Wildman–Crippen LogP) is 0.528. The summed E-state index contributed by atoms with van der Waals surface area (Å²) in [7, 11) is 0. The molecule has 0 aliphatic heterocycles. The van der Waals surface area contributed by atoms with Crippen molar-refractivity contribution in [3.05, 3.63) is 18.7 Å². The van der Waals surface area contributed by atoms with Crippen molar-refractivity contribution in [1.82, 2.24) is 20.2 Å². The predicted molar refractivity (Wildman–Crippen MR) is 65.5 cm³/mol. The number of aromatic nitrogens is 2. The zero-order chi connectivity index (χ0) is 12.3. The van der Waals surface area contributed by atoms with E-state index in [1.807, 2.05) is 17.7 Å². The van der Waals surface area contributed by atoms with Crippen LogP contribution in [-0.4, -0.2) is 33.6 Å². The van der Waals surface area contributed by atoms with E-state index in [9.17, 15) is 4.79 Å². The van der Waals surface area contributed by atoms with Crippen LogP contribution in [0.1, 0.15) is 26.7 Å². The van der Waals surface area contributed by atoms with Crippen LogP contribution >= 0.6 is 0 Å². The van der Waals surface area contributed by atoms with Gasteiger partial charge < -0.3 is 15.2 Å². The second-order valence-electron chi connectivity index (χ2n) is 4.83. The van der Waals surface area contributed by atoms with Gasteiger partial charge in [-0.05, 0) is 26.7 Å². The first kappa shape index (κ1) is 12.1. The molecule has 1 aromatic heterocycles. The van der Waals surface area contributed by atoms with E-state index in [1.165, 1.54) is 0 Å². The molecule has 1 amide bonds. The Morgan fingerprint density at radius 2 is 2.29 bits per heavy atom. The van der Waals surface area contributed by atoms with Crippen molar-refractivity contribution in [2.24, 2.45) is 0 Å². The summed E-state index contributed by atoms with van der Waals surface area (Å²) in [4.78, 5) is 15.7. The standard InChI is InChI=1S/C12H20N4O/c1-9(7-16-6-5-13-8-16)14-10(2)12(17)15-11-3-4-11/h5-6,8-11,14H,3-4,7H2,1-2H3,(H,15,17). The number of carbonyl (C=O) groups excluding carboxylic acids is 1. The summed E-state index contributed by atoms with van der Waals surface area (Å²) in [5, 5.41) is 6.29. The molecule has 2 unspecified atom stereocenters. The normalized spacial score (nSPS) is 18.7. The molecule has 2 rings (SSSR count). The fraction of sp³-hybridized carbons (Fsp3) is 0.667. The van der Waals surface area contributed by atoms with E-state index in [0.29, 0.717) is 6.04 Å². The van der Waals surface area contributed by atoms with E-state index in [0.717, 1.165) is 19.4 Å². The molecular formula is C12H20N4O. The lowest BCUT2D eigenvalue weighted by atomic mass is 10.2. The Labute approximate surface area is 102 Å². The van der Waals surface area contributed by atoms with E-state index in [-0.39, 0.29) is 18.0 Å². The third kappa shape index (κ3) is 3.85. The van der Waals surface area contributed by atoms with Crippen LogP contribution in [0.2, 0.25) is 0 Å². The van der Waals surface area contributed by atoms with Gasteiger partial charge in [-0.1, -0.05) is 0 Å². The fourth-order valence-corrected chi connectivity index (χ4v) is 1.82. The number of hydrogen-bond donors (Lipinski definition) is 2. The van der Waals surface area contributed by atoms with Gasteiger partial charge in [0.1, 0.15) is 0 Å². The Hall–Kier alpha value is -1.36. The van der Waals surface area contributed by atoms with E-state index in [2.05, 4.69) is 22.5 Å². The van der Waals surface area contributed by atoms with Gasteiger partial charge in [-0.15, -0.1) is 0 Å². The Bertz CT molecular complexity index is 359. The van der Waals surface area contributed by atoms with Gasteiger partial charge in [0, 0.05) is 31.0 Å². The molecule has 2 atom stereocenters. The lowest BCUT2D eigenvalue weighted by molar-refractivity contribution is -0.123. The summed E-state index contributed by atoms with van der Waals surface area (Å²) in [5.74, 6) is 0.102. The molecule has 17 heavy (non-hydrogen) atoms. The van der Waals surface area contributed by atoms with Crippen LogP contribution in [0.5, 0.6) is 0 Å². The minimum Gasteiger partial charge on any atom is -0.352 e. The minimum absolute atomic E-state index is 0.102. The highest BCUT2D eigenvalue weighted by Crippen LogP contribution is 2.18. The zero-order valence-electron chi connectivity index (χ0n) is 10.4. The van der Waals surface area contributed by atoms with E-state index >= 15 is 0 Å². The number of hydrogen-bond acceptors (Lipinski definition) is 3. The van der Waals surface area contributed by atoms with Crippen LogP contribution in [0.4, 0.5) is 0 Å². The molecule has 2 N–H and O–H groups in total. The van der Waals surface area contributed by atoms with Crippen LogP contribution in [-0.2, 0) is 11.3 Å². The summed E-state index contributed by atoms with van der Waals surface area (Å²) >= 11 is 0. The Morgan fingerprint density at radius 1 is 1.53 bits per heavy atom. The number of imidazole rings is 1. The lowest BCUT2D eigenvalue weighted by Crippen LogP contribution is -2.47. The second-order valence-corrected chi connectivity index (χ2v) is 4.83. The highest BCUT2D eigenvalue weighted by Gasteiger charge is 2.25. The van der Waals surface area contributed by atoms with Gasteiger partial charge in [-0.25, -0.2) is 4.98 Å². The highest BCUT2D eigenvalue weighted by molar-refractivity contribution is 5.81. The second kappa shape index (κ2) is 5.31. The first-order valence-corrected chi connectivity index (χ1v) is 6.17. The van der Waals surface area contributed by atoms with Crippen molar-refractivity contribution in [3.63, 3.8) is 0 Å². The summed E-state index contributed by atoms with van der Waals surface area (Å²) < 4.78 is 2.00. The first-order chi connectivity index (χ1) is 8.15. The molecule has 1 aromatic rings. The molecule has 5 heteroatoms. The minimum atomic E-state index is -0.144. The maximum absolute atomic E-state index is 11.7. The molecule has 94 valence electrons. The van der Waals surface area contributed by atoms with E-state index in [4.69, 9.17) is 0 Å². The molecule has 1 aliphatic carbocycles. The van der Waals surface area contributed by atoms with Gasteiger partial charge in [0.25, 0.3) is 0 Å². The molecule has 0 aromatic carbocycles. The molecule has 5 nitrogen and oxygen atoms in total. The Kier molecular flexibility index (Phi) is 3.78. The third-order valence-corrected chi connectivity index (χ3v) is 2.90. The highest BCUT2D eigenvalue weighted by atomic mass is 16.2. The van der Waals surface area contributed by atoms with Gasteiger partial charge in [0.2, 0.25) is 5.91 Å². The molecule has 0 spiro atoms. The van der Waals surface area contributed by atoms with Crippen molar-refractivity contribution in [1.29, 1.82) is 0 Å². The van der Waals surface area contributed by atoms with Gasteiger partial charge in [0.05, 0.1) is 12.4 Å². The van der Waals surface area contributed by atoms with Crippen LogP contribution in [0.15, 0.2) is 18.7 Å². The van der Waals surface area contributed by atoms with Gasteiger partial charge in [-0.3, -0.25) is 4.79 Å². The maximum atomic E-state index is 11.7. The summed E-state index contributed by atoms with van der Waals surface area (Å²) in [6.07, 6.45) is 7.72. The van der Waals surface area contributed by atoms with Gasteiger partial charge >= 0.3 is 0 Å². The smallest absolute Gasteiger partial charge is 0.237 e. The molecule has 0 saturated heterocycles. The number of carbonyl (C=O) groups is 1. The van der Waals surface area contributed by atoms with Crippen molar-refractivity contribution < 1.29 is 4.79 Å². The first-order valence-electron chi connectivity index (χ1n) is 6.17. The van der Waals surface area contributed by atoms with E-state index < -0.39 is 0 Å². The monoisotopic (exact) mass is 236 g/mol.